The van der Waals surface area contributed by atoms with Gasteiger partial charge in [0.05, 0.1) is 12.1 Å². The molecule has 106 valence electrons. The summed E-state index contributed by atoms with van der Waals surface area (Å²) in [7, 11) is 1.61. The fourth-order valence-corrected chi connectivity index (χ4v) is 3.05. The van der Waals surface area contributed by atoms with Gasteiger partial charge < -0.3 is 4.74 Å². The van der Waals surface area contributed by atoms with Gasteiger partial charge in [-0.1, -0.05) is 11.6 Å². The molecule has 1 aliphatic heterocycles. The van der Waals surface area contributed by atoms with E-state index in [0.29, 0.717) is 5.88 Å². The van der Waals surface area contributed by atoms with E-state index in [4.69, 9.17) is 16.3 Å². The van der Waals surface area contributed by atoms with Gasteiger partial charge in [0.15, 0.2) is 12.7 Å². The Morgan fingerprint density at radius 2 is 2.14 bits per heavy atom. The number of ether oxygens (including phenoxy) is 1. The van der Waals surface area contributed by atoms with Crippen molar-refractivity contribution in [1.82, 2.24) is 9.56 Å². The van der Waals surface area contributed by atoms with Gasteiger partial charge in [-0.05, 0) is 25.0 Å². The third kappa shape index (κ3) is 2.22. The minimum Gasteiger partial charge on any atom is -0.481 e. The van der Waals surface area contributed by atoms with Crippen LogP contribution in [-0.2, 0) is 0 Å². The Morgan fingerprint density at radius 1 is 1.29 bits per heavy atom. The largest absolute Gasteiger partial charge is 0.481 e. The number of halogens is 1. The number of fused-ring (bicyclic) bond motifs is 1. The SMILES string of the molecule is COc1ccc(-c2ccc3c(c2Cl)=C[N+]=3CC2CC2)cn1. The number of aromatic nitrogens is 1. The smallest absolute Gasteiger partial charge is 0.220 e. The Bertz CT molecular complexity index is 823. The highest BCUT2D eigenvalue weighted by Gasteiger charge is 2.29. The van der Waals surface area contributed by atoms with Gasteiger partial charge >= 0.3 is 0 Å². The molecule has 4 rings (SSSR count). The van der Waals surface area contributed by atoms with Crippen LogP contribution in [0.2, 0.25) is 5.02 Å². The molecule has 0 N–H and O–H groups in total. The number of benzene rings is 1. The Labute approximate surface area is 128 Å². The summed E-state index contributed by atoms with van der Waals surface area (Å²) in [6.45, 7) is 1.13. The molecule has 0 saturated heterocycles. The number of nitrogens with zero attached hydrogens (tertiary/aromatic N) is 2. The molecule has 21 heavy (non-hydrogen) atoms. The number of pyridine rings is 1. The van der Waals surface area contributed by atoms with Crippen molar-refractivity contribution in [3.05, 3.63) is 46.1 Å². The van der Waals surface area contributed by atoms with Gasteiger partial charge in [-0.15, -0.1) is 0 Å². The van der Waals surface area contributed by atoms with Gasteiger partial charge in [-0.3, -0.25) is 0 Å². The summed E-state index contributed by atoms with van der Waals surface area (Å²) in [5.74, 6) is 1.49. The fraction of sp³-hybridized carbons (Fsp3) is 0.294. The van der Waals surface area contributed by atoms with Crippen LogP contribution in [0, 0.1) is 5.92 Å². The Balaban J connectivity index is 1.73. The molecule has 2 aliphatic rings. The standard InChI is InChI=1S/C17H16ClN2O/c1-21-16-7-4-12(8-19-16)13-5-6-15-14(17(13)18)10-20(15)9-11-2-3-11/h4-8,10-11H,2-3,9H2,1H3/q+1. The number of hydrogen-bond donors (Lipinski definition) is 0. The average molecular weight is 300 g/mol. The number of hydrogen-bond acceptors (Lipinski definition) is 2. The lowest BCUT2D eigenvalue weighted by Gasteiger charge is -2.09. The zero-order chi connectivity index (χ0) is 14.4. The van der Waals surface area contributed by atoms with E-state index >= 15 is 0 Å². The van der Waals surface area contributed by atoms with Crippen molar-refractivity contribution in [2.45, 2.75) is 12.8 Å². The molecule has 0 radical (unpaired) electrons. The van der Waals surface area contributed by atoms with Gasteiger partial charge in [0.1, 0.15) is 5.22 Å². The first kappa shape index (κ1) is 12.8. The predicted octanol–water partition coefficient (Wildman–Crippen LogP) is 2.06. The summed E-state index contributed by atoms with van der Waals surface area (Å²) < 4.78 is 7.40. The predicted molar refractivity (Wildman–Crippen MR) is 83.8 cm³/mol. The highest BCUT2D eigenvalue weighted by Crippen LogP contribution is 2.29. The fourth-order valence-electron chi connectivity index (χ4n) is 2.73. The molecule has 1 aromatic heterocycles. The van der Waals surface area contributed by atoms with Crippen molar-refractivity contribution < 1.29 is 4.74 Å². The molecule has 4 heteroatoms. The topological polar surface area (TPSA) is 25.1 Å². The zero-order valence-electron chi connectivity index (χ0n) is 11.8. The van der Waals surface area contributed by atoms with Crippen LogP contribution in [0.25, 0.3) is 17.3 Å². The van der Waals surface area contributed by atoms with Crippen molar-refractivity contribution >= 4 is 17.8 Å². The number of rotatable bonds is 4. The van der Waals surface area contributed by atoms with Crippen molar-refractivity contribution in [2.75, 3.05) is 13.7 Å². The molecule has 3 nitrogen and oxygen atoms in total. The van der Waals surface area contributed by atoms with Crippen LogP contribution in [0.3, 0.4) is 0 Å². The molecule has 2 heterocycles. The van der Waals surface area contributed by atoms with Crippen LogP contribution in [0.1, 0.15) is 12.8 Å². The van der Waals surface area contributed by atoms with Crippen LogP contribution in [0.4, 0.5) is 0 Å². The molecule has 0 atom stereocenters. The van der Waals surface area contributed by atoms with Crippen molar-refractivity contribution in [3.8, 4) is 17.0 Å². The molecule has 0 spiro atoms. The molecule has 2 aromatic rings. The van der Waals surface area contributed by atoms with Crippen LogP contribution < -0.4 is 19.9 Å². The van der Waals surface area contributed by atoms with E-state index in [1.165, 1.54) is 18.2 Å². The highest BCUT2D eigenvalue weighted by atomic mass is 35.5. The summed E-state index contributed by atoms with van der Waals surface area (Å²) in [6.07, 6.45) is 6.69. The van der Waals surface area contributed by atoms with E-state index in [0.717, 1.165) is 33.8 Å². The molecule has 0 bridgehead atoms. The van der Waals surface area contributed by atoms with Gasteiger partial charge in [0, 0.05) is 35.4 Å². The van der Waals surface area contributed by atoms with Crippen LogP contribution >= 0.6 is 11.6 Å². The van der Waals surface area contributed by atoms with Gasteiger partial charge in [0.2, 0.25) is 11.2 Å². The maximum atomic E-state index is 6.56. The minimum absolute atomic E-state index is 0.612. The van der Waals surface area contributed by atoms with E-state index in [9.17, 15) is 0 Å². The second kappa shape index (κ2) is 4.85. The van der Waals surface area contributed by atoms with E-state index in [1.54, 1.807) is 13.3 Å². The third-order valence-electron chi connectivity index (χ3n) is 4.16. The molecule has 0 amide bonds. The molecule has 1 fully saturated rings. The zero-order valence-corrected chi connectivity index (χ0v) is 12.6. The van der Waals surface area contributed by atoms with Crippen LogP contribution in [-0.4, -0.2) is 18.6 Å². The maximum absolute atomic E-state index is 6.56. The van der Waals surface area contributed by atoms with Gasteiger partial charge in [0.25, 0.3) is 0 Å². The van der Waals surface area contributed by atoms with Crippen molar-refractivity contribution in [2.24, 2.45) is 5.92 Å². The average Bonchev–Trinajstić information content (AvgIpc) is 3.31. The van der Waals surface area contributed by atoms with Crippen LogP contribution in [0.5, 0.6) is 5.88 Å². The summed E-state index contributed by atoms with van der Waals surface area (Å²) in [5.41, 5.74) is 2.03. The second-order valence-electron chi connectivity index (χ2n) is 5.67. The molecule has 0 unspecified atom stereocenters. The van der Waals surface area contributed by atoms with E-state index < -0.39 is 0 Å². The second-order valence-corrected chi connectivity index (χ2v) is 6.05. The summed E-state index contributed by atoms with van der Waals surface area (Å²) in [6, 6.07) is 8.08. The first-order valence-corrected chi connectivity index (χ1v) is 7.58. The van der Waals surface area contributed by atoms with Gasteiger partial charge in [-0.2, -0.15) is 4.58 Å². The van der Waals surface area contributed by atoms with Crippen molar-refractivity contribution in [3.63, 3.8) is 0 Å². The van der Waals surface area contributed by atoms with E-state index in [1.807, 2.05) is 12.1 Å². The first-order chi connectivity index (χ1) is 10.3. The Morgan fingerprint density at radius 3 is 2.81 bits per heavy atom. The molecular weight excluding hydrogens is 284 g/mol. The third-order valence-corrected chi connectivity index (χ3v) is 4.57. The quantitative estimate of drug-likeness (QED) is 0.808. The Hall–Kier alpha value is -1.87. The molecule has 1 saturated carbocycles. The number of methoxy groups -OCH3 is 1. The minimum atomic E-state index is 0.612. The summed E-state index contributed by atoms with van der Waals surface area (Å²) in [4.78, 5) is 4.25. The monoisotopic (exact) mass is 299 g/mol. The van der Waals surface area contributed by atoms with E-state index in [-0.39, 0.29) is 0 Å². The summed E-state index contributed by atoms with van der Waals surface area (Å²) >= 11 is 6.56. The van der Waals surface area contributed by atoms with Crippen molar-refractivity contribution in [1.29, 1.82) is 0 Å². The highest BCUT2D eigenvalue weighted by molar-refractivity contribution is 6.33. The maximum Gasteiger partial charge on any atom is 0.220 e. The first-order valence-electron chi connectivity index (χ1n) is 7.20. The molecule has 1 aromatic carbocycles. The molecule has 1 aliphatic carbocycles. The van der Waals surface area contributed by atoms with Crippen LogP contribution in [0.15, 0.2) is 30.5 Å². The molecular formula is C17H16ClN2O+. The lowest BCUT2D eigenvalue weighted by atomic mass is 10.0. The lowest BCUT2D eigenvalue weighted by molar-refractivity contribution is 0.398. The van der Waals surface area contributed by atoms with Gasteiger partial charge in [-0.25, -0.2) is 4.98 Å². The summed E-state index contributed by atoms with van der Waals surface area (Å²) in [5, 5.41) is 3.20. The lowest BCUT2D eigenvalue weighted by Crippen LogP contribution is -2.48. The normalized spacial score (nSPS) is 16.0. The van der Waals surface area contributed by atoms with E-state index in [2.05, 4.69) is 27.9 Å². The Kier molecular flexibility index (Phi) is 2.96.